The van der Waals surface area contributed by atoms with Crippen LogP contribution in [0.2, 0.25) is 15.4 Å². The SMILES string of the molecule is CC[Si](CC)(c1ccccc1)[C]1([Ti+3])C=CC=C1.[Cl-].[Cl-].[Cl-]. The summed E-state index contributed by atoms with van der Waals surface area (Å²) in [5.74, 6) is 0. The van der Waals surface area contributed by atoms with Gasteiger partial charge in [-0.15, -0.1) is 0 Å². The third-order valence-corrected chi connectivity index (χ3v) is 12.7. The van der Waals surface area contributed by atoms with E-state index in [1.165, 1.54) is 12.1 Å². The van der Waals surface area contributed by atoms with Crippen molar-refractivity contribution < 1.29 is 57.7 Å². The van der Waals surface area contributed by atoms with Crippen molar-refractivity contribution in [2.75, 3.05) is 0 Å². The quantitative estimate of drug-likeness (QED) is 0.458. The Morgan fingerprint density at radius 3 is 1.75 bits per heavy atom. The van der Waals surface area contributed by atoms with Crippen LogP contribution in [-0.2, 0) is 20.4 Å². The van der Waals surface area contributed by atoms with Gasteiger partial charge in [0.05, 0.1) is 0 Å². The van der Waals surface area contributed by atoms with E-state index in [9.17, 15) is 0 Å². The minimum atomic E-state index is -1.48. The van der Waals surface area contributed by atoms with Gasteiger partial charge in [0, 0.05) is 0 Å². The van der Waals surface area contributed by atoms with Crippen LogP contribution in [0.5, 0.6) is 0 Å². The van der Waals surface area contributed by atoms with Crippen molar-refractivity contribution in [1.82, 2.24) is 0 Å². The molecule has 1 aromatic carbocycles. The molecule has 0 radical (unpaired) electrons. The van der Waals surface area contributed by atoms with Crippen molar-refractivity contribution >= 4 is 13.3 Å². The molecule has 20 heavy (non-hydrogen) atoms. The summed E-state index contributed by atoms with van der Waals surface area (Å²) in [6.07, 6.45) is 9.27. The molecule has 2 rings (SSSR count). The summed E-state index contributed by atoms with van der Waals surface area (Å²) >= 11 is 2.42. The molecule has 1 aliphatic carbocycles. The van der Waals surface area contributed by atoms with Crippen molar-refractivity contribution in [2.24, 2.45) is 0 Å². The van der Waals surface area contributed by atoms with E-state index in [1.807, 2.05) is 0 Å². The van der Waals surface area contributed by atoms with Crippen LogP contribution < -0.4 is 42.4 Å². The number of halogens is 3. The van der Waals surface area contributed by atoms with Crippen LogP contribution in [0.3, 0.4) is 0 Å². The van der Waals surface area contributed by atoms with Gasteiger partial charge >= 0.3 is 118 Å². The van der Waals surface area contributed by atoms with Crippen molar-refractivity contribution in [3.05, 3.63) is 54.6 Å². The monoisotopic (exact) mass is 380 g/mol. The first kappa shape index (κ1) is 22.8. The van der Waals surface area contributed by atoms with E-state index < -0.39 is 8.07 Å². The Kier molecular flexibility index (Phi) is 10.8. The molecule has 0 atom stereocenters. The van der Waals surface area contributed by atoms with E-state index >= 15 is 0 Å². The van der Waals surface area contributed by atoms with Gasteiger partial charge in [0.15, 0.2) is 0 Å². The second-order valence-electron chi connectivity index (χ2n) is 4.74. The largest absolute Gasteiger partial charge is 1.00 e. The summed E-state index contributed by atoms with van der Waals surface area (Å²) in [5.41, 5.74) is 0. The Balaban J connectivity index is 0. The molecule has 0 unspecified atom stereocenters. The number of allylic oxidation sites excluding steroid dienone is 4. The molecule has 0 nitrogen and oxygen atoms in total. The minimum absolute atomic E-state index is 0. The first-order valence-electron chi connectivity index (χ1n) is 6.36. The molecule has 0 N–H and O–H groups in total. The van der Waals surface area contributed by atoms with Gasteiger partial charge in [-0.25, -0.2) is 0 Å². The average molecular weight is 382 g/mol. The first-order valence-corrected chi connectivity index (χ1v) is 9.55. The van der Waals surface area contributed by atoms with E-state index in [4.69, 9.17) is 0 Å². The molecule has 0 amide bonds. The Bertz CT molecular complexity index is 430. The number of rotatable bonds is 4. The molecule has 0 heterocycles. The van der Waals surface area contributed by atoms with Crippen molar-refractivity contribution in [1.29, 1.82) is 0 Å². The Morgan fingerprint density at radius 1 is 0.900 bits per heavy atom. The van der Waals surface area contributed by atoms with E-state index in [-0.39, 0.29) is 40.6 Å². The zero-order valence-corrected chi connectivity index (χ0v) is 16.6. The van der Waals surface area contributed by atoms with Crippen molar-refractivity contribution in [3.8, 4) is 0 Å². The maximum atomic E-state index is 2.42. The third-order valence-electron chi connectivity index (χ3n) is 4.15. The fourth-order valence-electron chi connectivity index (χ4n) is 3.03. The molecule has 1 aromatic rings. The second-order valence-corrected chi connectivity index (χ2v) is 11.8. The Morgan fingerprint density at radius 2 is 1.35 bits per heavy atom. The zero-order valence-electron chi connectivity index (χ0n) is 11.7. The smallest absolute Gasteiger partial charge is 1.00 e. The topological polar surface area (TPSA) is 0 Å². The summed E-state index contributed by atoms with van der Waals surface area (Å²) in [4.78, 5) is 0. The van der Waals surface area contributed by atoms with Gasteiger partial charge in [-0.2, -0.15) is 0 Å². The molecule has 0 spiro atoms. The molecular weight excluding hydrogens is 362 g/mol. The Hall–Kier alpha value is 0.501. The van der Waals surface area contributed by atoms with E-state index in [0.29, 0.717) is 0 Å². The number of hydrogen-bond acceptors (Lipinski definition) is 0. The molecule has 0 aliphatic heterocycles. The minimum Gasteiger partial charge on any atom is -1.00 e. The number of hydrogen-bond donors (Lipinski definition) is 0. The fourth-order valence-corrected chi connectivity index (χ4v) is 10.3. The predicted octanol–water partition coefficient (Wildman–Crippen LogP) is -5.24. The van der Waals surface area contributed by atoms with Crippen LogP contribution in [0.4, 0.5) is 0 Å². The van der Waals surface area contributed by atoms with Crippen LogP contribution in [0, 0.1) is 0 Å². The Labute approximate surface area is 154 Å². The van der Waals surface area contributed by atoms with Crippen LogP contribution in [-0.4, -0.2) is 8.07 Å². The van der Waals surface area contributed by atoms with E-state index in [1.54, 1.807) is 5.19 Å². The fraction of sp³-hybridized carbons (Fsp3) is 0.333. The van der Waals surface area contributed by atoms with Crippen LogP contribution in [0.1, 0.15) is 13.8 Å². The third kappa shape index (κ3) is 3.82. The summed E-state index contributed by atoms with van der Waals surface area (Å²) in [7, 11) is -1.48. The van der Waals surface area contributed by atoms with Crippen LogP contribution in [0.15, 0.2) is 54.6 Å². The van der Waals surface area contributed by atoms with Gasteiger partial charge in [-0.3, -0.25) is 0 Å². The van der Waals surface area contributed by atoms with E-state index in [2.05, 4.69) is 88.9 Å². The number of benzene rings is 1. The van der Waals surface area contributed by atoms with Crippen molar-refractivity contribution in [2.45, 2.75) is 29.3 Å². The average Bonchev–Trinajstić information content (AvgIpc) is 2.81. The molecule has 0 saturated carbocycles. The normalized spacial score (nSPS) is 15.0. The molecular formula is C15H19Cl3SiTi. The molecule has 1 aliphatic rings. The van der Waals surface area contributed by atoms with Crippen LogP contribution in [0.25, 0.3) is 0 Å². The van der Waals surface area contributed by atoms with Gasteiger partial charge in [0.1, 0.15) is 0 Å². The van der Waals surface area contributed by atoms with Crippen molar-refractivity contribution in [3.63, 3.8) is 0 Å². The summed E-state index contributed by atoms with van der Waals surface area (Å²) in [6, 6.07) is 13.8. The first-order chi connectivity index (χ1) is 8.18. The molecule has 108 valence electrons. The molecule has 0 bridgehead atoms. The molecule has 0 saturated heterocycles. The standard InChI is InChI=1S/C15H19Si.3ClH.Ti/c1-3-16(4-2,15-12-8-9-13-15)14-10-6-5-7-11-14;;;;/h5-13H,3-4H2,1-2H3;3*1H;/q;;;;+3/p-3. The van der Waals surface area contributed by atoms with Gasteiger partial charge in [-0.1, -0.05) is 0 Å². The van der Waals surface area contributed by atoms with Gasteiger partial charge in [0.25, 0.3) is 0 Å². The maximum absolute atomic E-state index is 2.42. The van der Waals surface area contributed by atoms with Gasteiger partial charge in [0.2, 0.25) is 0 Å². The molecule has 0 fully saturated rings. The summed E-state index contributed by atoms with van der Waals surface area (Å²) in [6.45, 7) is 4.74. The van der Waals surface area contributed by atoms with Crippen LogP contribution >= 0.6 is 0 Å². The van der Waals surface area contributed by atoms with Gasteiger partial charge in [-0.05, 0) is 0 Å². The van der Waals surface area contributed by atoms with Gasteiger partial charge < -0.3 is 37.2 Å². The summed E-state index contributed by atoms with van der Waals surface area (Å²) < 4.78 is 0.290. The predicted molar refractivity (Wildman–Crippen MR) is 73.8 cm³/mol. The maximum Gasteiger partial charge on any atom is -1.00 e. The molecule has 0 aromatic heterocycles. The zero-order chi connectivity index (χ0) is 12.4. The second kappa shape index (κ2) is 9.50. The summed E-state index contributed by atoms with van der Waals surface area (Å²) in [5, 5.41) is 1.60. The molecule has 5 heteroatoms. The van der Waals surface area contributed by atoms with E-state index in [0.717, 1.165) is 0 Å².